The zero-order chi connectivity index (χ0) is 16.1. The summed E-state index contributed by atoms with van der Waals surface area (Å²) in [6.07, 6.45) is -0.607. The summed E-state index contributed by atoms with van der Waals surface area (Å²) in [4.78, 5) is 12.2. The number of amides is 1. The van der Waals surface area contributed by atoms with E-state index in [1.54, 1.807) is 19.1 Å². The Bertz CT molecular complexity index is 640. The third-order valence-electron chi connectivity index (χ3n) is 3.50. The summed E-state index contributed by atoms with van der Waals surface area (Å²) in [6, 6.07) is 13.4. The number of benzene rings is 2. The van der Waals surface area contributed by atoms with Crippen LogP contribution in [0.4, 0.5) is 4.39 Å². The lowest BCUT2D eigenvalue weighted by Crippen LogP contribution is -2.37. The van der Waals surface area contributed by atoms with Crippen molar-refractivity contribution in [1.29, 1.82) is 0 Å². The fraction of sp³-hybridized carbons (Fsp3) is 0.278. The molecule has 0 aliphatic rings. The maximum atomic E-state index is 12.9. The van der Waals surface area contributed by atoms with Gasteiger partial charge in [-0.25, -0.2) is 4.39 Å². The minimum Gasteiger partial charge on any atom is -0.481 e. The molecule has 0 aliphatic heterocycles. The Morgan fingerprint density at radius 1 is 1.09 bits per heavy atom. The SMILES string of the molecule is Cc1ccccc1O[C@@H](C)C(=O)N[C@@H](C)c1ccc(F)cc1. The summed E-state index contributed by atoms with van der Waals surface area (Å²) < 4.78 is 18.6. The highest BCUT2D eigenvalue weighted by atomic mass is 19.1. The molecule has 0 saturated carbocycles. The van der Waals surface area contributed by atoms with Gasteiger partial charge in [-0.1, -0.05) is 30.3 Å². The number of hydrogen-bond donors (Lipinski definition) is 1. The number of nitrogens with one attached hydrogen (secondary N) is 1. The number of halogens is 1. The molecule has 0 aromatic heterocycles. The summed E-state index contributed by atoms with van der Waals surface area (Å²) in [6.45, 7) is 5.49. The van der Waals surface area contributed by atoms with Crippen LogP contribution in [0.2, 0.25) is 0 Å². The van der Waals surface area contributed by atoms with Gasteiger partial charge in [0.15, 0.2) is 6.10 Å². The van der Waals surface area contributed by atoms with Crippen molar-refractivity contribution >= 4 is 5.91 Å². The van der Waals surface area contributed by atoms with Crippen LogP contribution in [-0.2, 0) is 4.79 Å². The van der Waals surface area contributed by atoms with Gasteiger partial charge in [-0.2, -0.15) is 0 Å². The lowest BCUT2D eigenvalue weighted by atomic mass is 10.1. The molecule has 2 rings (SSSR count). The quantitative estimate of drug-likeness (QED) is 0.912. The minimum absolute atomic E-state index is 0.208. The van der Waals surface area contributed by atoms with E-state index < -0.39 is 6.10 Å². The van der Waals surface area contributed by atoms with Crippen LogP contribution in [0.25, 0.3) is 0 Å². The Balaban J connectivity index is 1.96. The van der Waals surface area contributed by atoms with Gasteiger partial charge in [0.2, 0.25) is 0 Å². The summed E-state index contributed by atoms with van der Waals surface area (Å²) in [5.41, 5.74) is 1.83. The molecule has 2 aromatic rings. The molecule has 0 heterocycles. The highest BCUT2D eigenvalue weighted by molar-refractivity contribution is 5.81. The lowest BCUT2D eigenvalue weighted by Gasteiger charge is -2.19. The van der Waals surface area contributed by atoms with Crippen LogP contribution in [-0.4, -0.2) is 12.0 Å². The highest BCUT2D eigenvalue weighted by Gasteiger charge is 2.18. The van der Waals surface area contributed by atoms with E-state index in [0.717, 1.165) is 11.1 Å². The molecule has 0 radical (unpaired) electrons. The van der Waals surface area contributed by atoms with Crippen LogP contribution in [0.3, 0.4) is 0 Å². The Kier molecular flexibility index (Phi) is 5.15. The van der Waals surface area contributed by atoms with Crippen molar-refractivity contribution in [3.63, 3.8) is 0 Å². The number of aryl methyl sites for hydroxylation is 1. The Morgan fingerprint density at radius 2 is 1.73 bits per heavy atom. The van der Waals surface area contributed by atoms with Crippen molar-refractivity contribution < 1.29 is 13.9 Å². The number of ether oxygens (including phenoxy) is 1. The summed E-state index contributed by atoms with van der Waals surface area (Å²) >= 11 is 0. The zero-order valence-corrected chi connectivity index (χ0v) is 13.0. The molecule has 2 aromatic carbocycles. The van der Waals surface area contributed by atoms with Gasteiger partial charge in [0, 0.05) is 0 Å². The topological polar surface area (TPSA) is 38.3 Å². The molecular formula is C18H20FNO2. The second kappa shape index (κ2) is 7.07. The van der Waals surface area contributed by atoms with E-state index >= 15 is 0 Å². The van der Waals surface area contributed by atoms with Gasteiger partial charge in [0.25, 0.3) is 5.91 Å². The fourth-order valence-corrected chi connectivity index (χ4v) is 2.10. The van der Waals surface area contributed by atoms with Gasteiger partial charge in [0.1, 0.15) is 11.6 Å². The van der Waals surface area contributed by atoms with Gasteiger partial charge >= 0.3 is 0 Å². The third-order valence-corrected chi connectivity index (χ3v) is 3.50. The van der Waals surface area contributed by atoms with Gasteiger partial charge in [-0.15, -0.1) is 0 Å². The molecule has 3 nitrogen and oxygen atoms in total. The number of para-hydroxylation sites is 1. The number of carbonyl (C=O) groups excluding carboxylic acids is 1. The molecule has 0 bridgehead atoms. The van der Waals surface area contributed by atoms with Crippen molar-refractivity contribution in [2.75, 3.05) is 0 Å². The Labute approximate surface area is 130 Å². The van der Waals surface area contributed by atoms with E-state index in [9.17, 15) is 9.18 Å². The second-order valence-corrected chi connectivity index (χ2v) is 5.31. The summed E-state index contributed by atoms with van der Waals surface area (Å²) in [5, 5.41) is 2.87. The molecule has 116 valence electrons. The maximum Gasteiger partial charge on any atom is 0.261 e. The van der Waals surface area contributed by atoms with E-state index in [2.05, 4.69) is 5.32 Å². The van der Waals surface area contributed by atoms with Crippen molar-refractivity contribution in [2.45, 2.75) is 32.9 Å². The molecule has 0 saturated heterocycles. The smallest absolute Gasteiger partial charge is 0.261 e. The van der Waals surface area contributed by atoms with Gasteiger partial charge in [-0.05, 0) is 50.1 Å². The average Bonchev–Trinajstić information content (AvgIpc) is 2.50. The van der Waals surface area contributed by atoms with Crippen molar-refractivity contribution in [2.24, 2.45) is 0 Å². The van der Waals surface area contributed by atoms with Crippen LogP contribution < -0.4 is 10.1 Å². The Morgan fingerprint density at radius 3 is 2.36 bits per heavy atom. The van der Waals surface area contributed by atoms with Crippen LogP contribution in [0.15, 0.2) is 48.5 Å². The van der Waals surface area contributed by atoms with Gasteiger partial charge < -0.3 is 10.1 Å². The zero-order valence-electron chi connectivity index (χ0n) is 13.0. The molecule has 0 fully saturated rings. The number of carbonyl (C=O) groups is 1. The monoisotopic (exact) mass is 301 g/mol. The van der Waals surface area contributed by atoms with E-state index in [4.69, 9.17) is 4.74 Å². The normalized spacial score (nSPS) is 13.3. The van der Waals surface area contributed by atoms with Crippen LogP contribution >= 0.6 is 0 Å². The van der Waals surface area contributed by atoms with Crippen LogP contribution in [0.5, 0.6) is 5.75 Å². The van der Waals surface area contributed by atoms with Crippen molar-refractivity contribution in [3.8, 4) is 5.75 Å². The minimum atomic E-state index is -0.607. The molecule has 4 heteroatoms. The molecule has 0 unspecified atom stereocenters. The predicted octanol–water partition coefficient (Wildman–Crippen LogP) is 3.78. The summed E-state index contributed by atoms with van der Waals surface area (Å²) in [5.74, 6) is 0.193. The average molecular weight is 301 g/mol. The molecule has 0 spiro atoms. The van der Waals surface area contributed by atoms with Crippen molar-refractivity contribution in [1.82, 2.24) is 5.32 Å². The molecular weight excluding hydrogens is 281 g/mol. The maximum absolute atomic E-state index is 12.9. The first-order valence-electron chi connectivity index (χ1n) is 7.25. The number of hydrogen-bond acceptors (Lipinski definition) is 2. The first kappa shape index (κ1) is 16.0. The third kappa shape index (κ3) is 4.07. The number of rotatable bonds is 5. The van der Waals surface area contributed by atoms with E-state index in [-0.39, 0.29) is 17.8 Å². The Hall–Kier alpha value is -2.36. The second-order valence-electron chi connectivity index (χ2n) is 5.31. The first-order chi connectivity index (χ1) is 10.5. The predicted molar refractivity (Wildman–Crippen MR) is 84.2 cm³/mol. The lowest BCUT2D eigenvalue weighted by molar-refractivity contribution is -0.127. The first-order valence-corrected chi connectivity index (χ1v) is 7.25. The standard InChI is InChI=1S/C18H20FNO2/c1-12-6-4-5-7-17(12)22-14(3)18(21)20-13(2)15-8-10-16(19)11-9-15/h4-11,13-14H,1-3H3,(H,20,21)/t13-,14-/m0/s1. The molecule has 2 atom stereocenters. The van der Waals surface area contributed by atoms with E-state index in [1.165, 1.54) is 12.1 Å². The van der Waals surface area contributed by atoms with Crippen LogP contribution in [0.1, 0.15) is 31.0 Å². The van der Waals surface area contributed by atoms with Gasteiger partial charge in [0.05, 0.1) is 6.04 Å². The molecule has 0 aliphatic carbocycles. The van der Waals surface area contributed by atoms with Crippen LogP contribution in [0, 0.1) is 12.7 Å². The molecule has 1 N–H and O–H groups in total. The molecule has 1 amide bonds. The summed E-state index contributed by atoms with van der Waals surface area (Å²) in [7, 11) is 0. The van der Waals surface area contributed by atoms with E-state index in [0.29, 0.717) is 5.75 Å². The highest BCUT2D eigenvalue weighted by Crippen LogP contribution is 2.18. The van der Waals surface area contributed by atoms with E-state index in [1.807, 2.05) is 38.1 Å². The largest absolute Gasteiger partial charge is 0.481 e. The van der Waals surface area contributed by atoms with Gasteiger partial charge in [-0.3, -0.25) is 4.79 Å². The molecule has 22 heavy (non-hydrogen) atoms. The fourth-order valence-electron chi connectivity index (χ4n) is 2.10. The van der Waals surface area contributed by atoms with Crippen molar-refractivity contribution in [3.05, 3.63) is 65.5 Å².